The van der Waals surface area contributed by atoms with Crippen LogP contribution in [0.25, 0.3) is 27.9 Å². The van der Waals surface area contributed by atoms with Gasteiger partial charge in [-0.15, -0.1) is 10.2 Å². The van der Waals surface area contributed by atoms with Gasteiger partial charge < -0.3 is 15.5 Å². The number of likely N-dealkylation sites (tertiary alicyclic amines) is 1. The van der Waals surface area contributed by atoms with Crippen molar-refractivity contribution in [2.24, 2.45) is 0 Å². The summed E-state index contributed by atoms with van der Waals surface area (Å²) < 4.78 is 43.0. The third kappa shape index (κ3) is 4.03. The lowest BCUT2D eigenvalue weighted by atomic mass is 10.0. The van der Waals surface area contributed by atoms with Crippen molar-refractivity contribution in [2.45, 2.75) is 31.6 Å². The minimum absolute atomic E-state index is 0.272. The summed E-state index contributed by atoms with van der Waals surface area (Å²) in [7, 11) is 3.63. The molecule has 0 amide bonds. The number of fused-ring (bicyclic) bond motifs is 2. The Morgan fingerprint density at radius 1 is 1.21 bits per heavy atom. The number of pyridine rings is 1. The second-order valence-electron chi connectivity index (χ2n) is 8.08. The molecule has 33 heavy (non-hydrogen) atoms. The zero-order valence-electron chi connectivity index (χ0n) is 18.1. The number of hydrogen-bond acceptors (Lipinski definition) is 8. The van der Waals surface area contributed by atoms with E-state index in [2.05, 4.69) is 36.0 Å². The molecule has 5 heterocycles. The molecule has 0 radical (unpaired) electrons. The van der Waals surface area contributed by atoms with Crippen molar-refractivity contribution in [2.75, 3.05) is 37.8 Å². The molecular weight excluding hydrogens is 437 g/mol. The van der Waals surface area contributed by atoms with Crippen LogP contribution in [-0.2, 0) is 6.54 Å². The number of rotatable bonds is 6. The Labute approximate surface area is 186 Å². The Morgan fingerprint density at radius 3 is 2.82 bits per heavy atom. The van der Waals surface area contributed by atoms with E-state index in [0.717, 1.165) is 11.2 Å². The summed E-state index contributed by atoms with van der Waals surface area (Å²) >= 11 is 0. The van der Waals surface area contributed by atoms with Crippen LogP contribution in [0.1, 0.15) is 6.42 Å². The Kier molecular flexibility index (Phi) is 5.48. The van der Waals surface area contributed by atoms with Crippen LogP contribution in [0.3, 0.4) is 0 Å². The number of nitrogens with zero attached hydrogens (tertiary/aromatic N) is 8. The van der Waals surface area contributed by atoms with E-state index in [0.29, 0.717) is 47.0 Å². The third-order valence-electron chi connectivity index (χ3n) is 5.75. The van der Waals surface area contributed by atoms with Gasteiger partial charge in [0.05, 0.1) is 11.7 Å². The number of piperidine rings is 1. The minimum Gasteiger partial charge on any atom is -0.371 e. The second kappa shape index (κ2) is 8.46. The molecule has 0 saturated carbocycles. The van der Waals surface area contributed by atoms with Crippen molar-refractivity contribution < 1.29 is 13.2 Å². The van der Waals surface area contributed by atoms with Crippen LogP contribution in [0.2, 0.25) is 0 Å². The maximum atomic E-state index is 14.5. The van der Waals surface area contributed by atoms with Gasteiger partial charge in [-0.05, 0) is 31.7 Å². The summed E-state index contributed by atoms with van der Waals surface area (Å²) in [6.45, 7) is 0.561. The van der Waals surface area contributed by atoms with Crippen molar-refractivity contribution in [1.82, 2.24) is 39.5 Å². The second-order valence-corrected chi connectivity index (χ2v) is 8.08. The number of halogens is 3. The van der Waals surface area contributed by atoms with Gasteiger partial charge in [-0.1, -0.05) is 5.21 Å². The van der Waals surface area contributed by atoms with Crippen LogP contribution >= 0.6 is 0 Å². The predicted molar refractivity (Wildman–Crippen MR) is 117 cm³/mol. The Bertz CT molecular complexity index is 1290. The van der Waals surface area contributed by atoms with Gasteiger partial charge >= 0.3 is 0 Å². The molecule has 0 aromatic carbocycles. The summed E-state index contributed by atoms with van der Waals surface area (Å²) in [5, 5.41) is 18.4. The van der Waals surface area contributed by atoms with Crippen molar-refractivity contribution >= 4 is 28.4 Å². The van der Waals surface area contributed by atoms with E-state index in [1.54, 1.807) is 29.9 Å². The van der Waals surface area contributed by atoms with Gasteiger partial charge in [0.15, 0.2) is 11.5 Å². The quantitative estimate of drug-likeness (QED) is 0.452. The molecule has 1 aliphatic heterocycles. The lowest BCUT2D eigenvalue weighted by Gasteiger charge is -2.32. The third-order valence-corrected chi connectivity index (χ3v) is 5.75. The Hall–Kier alpha value is -3.48. The predicted octanol–water partition coefficient (Wildman–Crippen LogP) is 2.30. The minimum atomic E-state index is -2.57. The highest BCUT2D eigenvalue weighted by Crippen LogP contribution is 2.30. The number of alkyl halides is 3. The molecule has 0 bridgehead atoms. The first kappa shape index (κ1) is 21.4. The topological polar surface area (TPSA) is 101 Å². The van der Waals surface area contributed by atoms with Crippen LogP contribution in [0, 0.1) is 0 Å². The van der Waals surface area contributed by atoms with Crippen LogP contribution < -0.4 is 10.6 Å². The van der Waals surface area contributed by atoms with E-state index < -0.39 is 19.1 Å². The molecular formula is C20H23F3N10. The van der Waals surface area contributed by atoms with Crippen molar-refractivity contribution in [3.63, 3.8) is 0 Å². The normalized spacial score (nSPS) is 19.6. The number of nitrogens with one attached hydrogen (secondary N) is 2. The highest BCUT2D eigenvalue weighted by Gasteiger charge is 2.28. The van der Waals surface area contributed by atoms with Gasteiger partial charge in [0.1, 0.15) is 23.7 Å². The van der Waals surface area contributed by atoms with E-state index in [-0.39, 0.29) is 11.7 Å². The molecule has 1 aliphatic rings. The van der Waals surface area contributed by atoms with Crippen molar-refractivity contribution in [3.05, 3.63) is 24.4 Å². The average molecular weight is 460 g/mol. The standard InChI is InChI=1S/C20H23F3N10/c1-24-18-17-11(13-3-4-15-19(25-13)33(30-28-15)10-16(22)23)5-8-32(17)29-20(27-18)26-14-6-7-31(2)9-12(14)21/h3-5,8,12,14,16H,6-7,9-10H2,1-2H3,(H2,24,26,27,29)/t12-,14+/m1/s1. The van der Waals surface area contributed by atoms with E-state index in [1.165, 1.54) is 0 Å². The molecule has 4 aromatic rings. The number of anilines is 2. The van der Waals surface area contributed by atoms with Crippen LogP contribution in [0.4, 0.5) is 24.9 Å². The summed E-state index contributed by atoms with van der Waals surface area (Å²) in [6, 6.07) is 4.88. The first-order valence-electron chi connectivity index (χ1n) is 10.6. The first-order chi connectivity index (χ1) is 15.9. The zero-order valence-corrected chi connectivity index (χ0v) is 18.1. The van der Waals surface area contributed by atoms with Gasteiger partial charge in [0.2, 0.25) is 5.95 Å². The molecule has 13 heteroatoms. The van der Waals surface area contributed by atoms with E-state index in [4.69, 9.17) is 0 Å². The first-order valence-corrected chi connectivity index (χ1v) is 10.6. The molecule has 5 rings (SSSR count). The molecule has 1 fully saturated rings. The lowest BCUT2D eigenvalue weighted by molar-refractivity contribution is 0.122. The Morgan fingerprint density at radius 2 is 2.06 bits per heavy atom. The largest absolute Gasteiger partial charge is 0.371 e. The summed E-state index contributed by atoms with van der Waals surface area (Å²) in [6.07, 6.45) is -1.20. The van der Waals surface area contributed by atoms with Gasteiger partial charge in [-0.25, -0.2) is 27.4 Å². The van der Waals surface area contributed by atoms with E-state index in [1.807, 2.05) is 18.0 Å². The van der Waals surface area contributed by atoms with Gasteiger partial charge in [0.25, 0.3) is 6.43 Å². The fourth-order valence-electron chi connectivity index (χ4n) is 4.11. The molecule has 2 atom stereocenters. The molecule has 10 nitrogen and oxygen atoms in total. The molecule has 0 unspecified atom stereocenters. The van der Waals surface area contributed by atoms with Crippen molar-refractivity contribution in [1.29, 1.82) is 0 Å². The molecule has 0 aliphatic carbocycles. The monoisotopic (exact) mass is 460 g/mol. The zero-order chi connectivity index (χ0) is 23.1. The average Bonchev–Trinajstić information content (AvgIpc) is 3.39. The molecule has 174 valence electrons. The van der Waals surface area contributed by atoms with Crippen molar-refractivity contribution in [3.8, 4) is 11.3 Å². The molecule has 0 spiro atoms. The van der Waals surface area contributed by atoms with Gasteiger partial charge in [0, 0.05) is 31.9 Å². The van der Waals surface area contributed by atoms with E-state index in [9.17, 15) is 13.2 Å². The maximum Gasteiger partial charge on any atom is 0.258 e. The molecule has 2 N–H and O–H groups in total. The maximum absolute atomic E-state index is 14.5. The fraction of sp³-hybridized carbons (Fsp3) is 0.450. The molecule has 4 aromatic heterocycles. The highest BCUT2D eigenvalue weighted by molar-refractivity contribution is 5.89. The SMILES string of the molecule is CNc1nc(N[C@H]2CCN(C)C[C@H]2F)nn2ccc(-c3ccc4nnn(CC(F)F)c4n3)c12. The summed E-state index contributed by atoms with van der Waals surface area (Å²) in [4.78, 5) is 11.0. The lowest BCUT2D eigenvalue weighted by Crippen LogP contribution is -2.46. The highest BCUT2D eigenvalue weighted by atomic mass is 19.3. The Balaban J connectivity index is 1.51. The van der Waals surface area contributed by atoms with Crippen LogP contribution in [0.15, 0.2) is 24.4 Å². The van der Waals surface area contributed by atoms with E-state index >= 15 is 0 Å². The molecule has 1 saturated heterocycles. The number of aromatic nitrogens is 7. The number of hydrogen-bond donors (Lipinski definition) is 2. The summed E-state index contributed by atoms with van der Waals surface area (Å²) in [5.41, 5.74) is 2.61. The van der Waals surface area contributed by atoms with Gasteiger partial charge in [-0.3, -0.25) is 0 Å². The van der Waals surface area contributed by atoms with Gasteiger partial charge in [-0.2, -0.15) is 4.98 Å². The smallest absolute Gasteiger partial charge is 0.258 e. The fourth-order valence-corrected chi connectivity index (χ4v) is 4.11. The van der Waals surface area contributed by atoms with Crippen LogP contribution in [-0.4, -0.2) is 85.3 Å². The summed E-state index contributed by atoms with van der Waals surface area (Å²) in [5.74, 6) is 0.839. The van der Waals surface area contributed by atoms with Crippen LogP contribution in [0.5, 0.6) is 0 Å².